The van der Waals surface area contributed by atoms with Crippen molar-refractivity contribution >= 4 is 60.1 Å². The fourth-order valence-electron chi connectivity index (χ4n) is 7.49. The van der Waals surface area contributed by atoms with Gasteiger partial charge in [0.05, 0.1) is 39.2 Å². The average Bonchev–Trinajstić information content (AvgIpc) is 3.64. The fraction of sp³-hybridized carbons (Fsp3) is 0.0833. The highest BCUT2D eigenvalue weighted by atomic mass is 15.2. The van der Waals surface area contributed by atoms with E-state index in [1.165, 1.54) is 71.3 Å². The molecule has 0 bridgehead atoms. The van der Waals surface area contributed by atoms with Crippen molar-refractivity contribution in [3.05, 3.63) is 126 Å². The maximum absolute atomic E-state index is 5.34. The zero-order valence-electron chi connectivity index (χ0n) is 21.7. The third-order valence-electron chi connectivity index (χ3n) is 9.08. The second-order valence-electron chi connectivity index (χ2n) is 11.1. The van der Waals surface area contributed by atoms with Crippen molar-refractivity contribution in [1.82, 2.24) is 14.5 Å². The molecule has 1 unspecified atom stereocenters. The van der Waals surface area contributed by atoms with Gasteiger partial charge in [0.1, 0.15) is 6.17 Å². The molecule has 40 heavy (non-hydrogen) atoms. The highest BCUT2D eigenvalue weighted by molar-refractivity contribution is 6.35. The molecule has 4 heterocycles. The Bertz CT molecular complexity index is 2340. The van der Waals surface area contributed by atoms with Crippen LogP contribution in [0.4, 0.5) is 0 Å². The fourth-order valence-corrected chi connectivity index (χ4v) is 7.49. The smallest absolute Gasteiger partial charge is 0.148 e. The van der Waals surface area contributed by atoms with Gasteiger partial charge in [-0.25, -0.2) is 0 Å². The SMILES string of the molecule is C1=CC2=C(CC1)N=C1c3cc4ccccc4c4c5ccc6c(c7ccccc7n6-c6ccccc6)c5n(c34)C1N2. The third-order valence-corrected chi connectivity index (χ3v) is 9.08. The molecule has 188 valence electrons. The molecule has 4 nitrogen and oxygen atoms in total. The second-order valence-corrected chi connectivity index (χ2v) is 11.1. The van der Waals surface area contributed by atoms with Crippen molar-refractivity contribution in [2.75, 3.05) is 0 Å². The van der Waals surface area contributed by atoms with E-state index in [9.17, 15) is 0 Å². The van der Waals surface area contributed by atoms with E-state index in [1.54, 1.807) is 0 Å². The summed E-state index contributed by atoms with van der Waals surface area (Å²) in [6, 6.07) is 35.4. The normalized spacial score (nSPS) is 17.7. The summed E-state index contributed by atoms with van der Waals surface area (Å²) >= 11 is 0. The van der Waals surface area contributed by atoms with Crippen molar-refractivity contribution < 1.29 is 0 Å². The first-order chi connectivity index (χ1) is 19.9. The van der Waals surface area contributed by atoms with Crippen molar-refractivity contribution in [2.45, 2.75) is 19.0 Å². The van der Waals surface area contributed by atoms with E-state index in [0.29, 0.717) is 0 Å². The lowest BCUT2D eigenvalue weighted by molar-refractivity contribution is 0.591. The maximum atomic E-state index is 5.34. The number of allylic oxidation sites excluding steroid dienone is 3. The van der Waals surface area contributed by atoms with Crippen LogP contribution in [-0.2, 0) is 0 Å². The number of hydrogen-bond acceptors (Lipinski definition) is 2. The van der Waals surface area contributed by atoms with Gasteiger partial charge in [-0.3, -0.25) is 4.99 Å². The van der Waals surface area contributed by atoms with Gasteiger partial charge in [0.15, 0.2) is 0 Å². The zero-order valence-corrected chi connectivity index (χ0v) is 21.7. The monoisotopic (exact) mass is 512 g/mol. The Labute approximate surface area is 230 Å². The zero-order chi connectivity index (χ0) is 25.9. The van der Waals surface area contributed by atoms with E-state index in [2.05, 4.69) is 124 Å². The quantitative estimate of drug-likeness (QED) is 0.235. The van der Waals surface area contributed by atoms with Crippen LogP contribution in [0.15, 0.2) is 126 Å². The van der Waals surface area contributed by atoms with Crippen LogP contribution in [-0.4, -0.2) is 14.8 Å². The third kappa shape index (κ3) is 2.45. The molecule has 5 aromatic carbocycles. The number of rotatable bonds is 1. The van der Waals surface area contributed by atoms with Gasteiger partial charge in [-0.15, -0.1) is 0 Å². The average molecular weight is 513 g/mol. The van der Waals surface area contributed by atoms with E-state index in [-0.39, 0.29) is 6.17 Å². The number of hydrogen-bond donors (Lipinski definition) is 1. The number of fused-ring (bicyclic) bond motifs is 12. The van der Waals surface area contributed by atoms with Gasteiger partial charge in [0.2, 0.25) is 0 Å². The van der Waals surface area contributed by atoms with Crippen LogP contribution in [0.5, 0.6) is 0 Å². The lowest BCUT2D eigenvalue weighted by Gasteiger charge is -2.27. The number of benzene rings is 5. The van der Waals surface area contributed by atoms with Crippen molar-refractivity contribution in [2.24, 2.45) is 4.99 Å². The summed E-state index contributed by atoms with van der Waals surface area (Å²) in [5.41, 5.74) is 10.9. The van der Waals surface area contributed by atoms with Gasteiger partial charge in [-0.1, -0.05) is 72.8 Å². The lowest BCUT2D eigenvalue weighted by atomic mass is 9.96. The standard InChI is InChI=1S/C36H24N4/c1-2-11-22(12-3-1)39-29-17-9-6-14-24(29)32-30(39)19-18-25-31-23-13-5-4-10-21(23)20-26-33-36(40(34(25)32)35(26)31)38-28-16-8-7-15-27(28)37-33/h1-6,8-14,16-20,36,38H,7,15H2. The maximum Gasteiger partial charge on any atom is 0.148 e. The Morgan fingerprint density at radius 2 is 1.55 bits per heavy atom. The van der Waals surface area contributed by atoms with E-state index in [0.717, 1.165) is 24.3 Å². The van der Waals surface area contributed by atoms with E-state index in [1.807, 2.05) is 0 Å². The summed E-state index contributed by atoms with van der Waals surface area (Å²) < 4.78 is 4.97. The summed E-state index contributed by atoms with van der Waals surface area (Å²) in [4.78, 5) is 5.34. The first-order valence-corrected chi connectivity index (χ1v) is 14.1. The van der Waals surface area contributed by atoms with Crippen LogP contribution in [0, 0.1) is 0 Å². The topological polar surface area (TPSA) is 34.2 Å². The van der Waals surface area contributed by atoms with Crippen LogP contribution in [0.25, 0.3) is 60.1 Å². The van der Waals surface area contributed by atoms with E-state index >= 15 is 0 Å². The minimum absolute atomic E-state index is 0.0438. The van der Waals surface area contributed by atoms with Crippen LogP contribution in [0.3, 0.4) is 0 Å². The van der Waals surface area contributed by atoms with Gasteiger partial charge in [0.25, 0.3) is 0 Å². The molecule has 2 aromatic heterocycles. The summed E-state index contributed by atoms with van der Waals surface area (Å²) in [5.74, 6) is 0. The van der Waals surface area contributed by atoms with Crippen LogP contribution in [0.2, 0.25) is 0 Å². The molecule has 1 N–H and O–H groups in total. The van der Waals surface area contributed by atoms with Crippen LogP contribution >= 0.6 is 0 Å². The highest BCUT2D eigenvalue weighted by Crippen LogP contribution is 2.49. The Morgan fingerprint density at radius 1 is 0.725 bits per heavy atom. The summed E-state index contributed by atoms with van der Waals surface area (Å²) in [7, 11) is 0. The molecular formula is C36H24N4. The molecule has 7 aromatic rings. The number of para-hydroxylation sites is 2. The second kappa shape index (κ2) is 7.30. The molecule has 0 fully saturated rings. The van der Waals surface area contributed by atoms with Gasteiger partial charge < -0.3 is 14.5 Å². The van der Waals surface area contributed by atoms with Crippen molar-refractivity contribution in [3.8, 4) is 5.69 Å². The molecule has 0 saturated heterocycles. The molecule has 0 spiro atoms. The molecule has 3 aliphatic rings. The molecule has 1 aliphatic carbocycles. The Kier molecular flexibility index (Phi) is 3.80. The van der Waals surface area contributed by atoms with Gasteiger partial charge in [-0.05, 0) is 60.0 Å². The summed E-state index contributed by atoms with van der Waals surface area (Å²) in [6.07, 6.45) is 6.47. The molecular weight excluding hydrogens is 488 g/mol. The Hall–Kier alpha value is -5.09. The number of aromatic nitrogens is 2. The molecule has 0 radical (unpaired) electrons. The number of nitrogens with one attached hydrogen (secondary N) is 1. The molecule has 2 aliphatic heterocycles. The van der Waals surface area contributed by atoms with E-state index in [4.69, 9.17) is 4.99 Å². The van der Waals surface area contributed by atoms with Gasteiger partial charge in [0, 0.05) is 32.8 Å². The lowest BCUT2D eigenvalue weighted by Crippen LogP contribution is -2.33. The van der Waals surface area contributed by atoms with E-state index < -0.39 is 0 Å². The van der Waals surface area contributed by atoms with Gasteiger partial charge in [-0.2, -0.15) is 0 Å². The molecule has 4 heteroatoms. The largest absolute Gasteiger partial charge is 0.358 e. The number of aliphatic imine (C=N–C) groups is 1. The number of nitrogens with zero attached hydrogens (tertiary/aromatic N) is 3. The summed E-state index contributed by atoms with van der Waals surface area (Å²) in [5, 5.41) is 11.7. The van der Waals surface area contributed by atoms with Gasteiger partial charge >= 0.3 is 0 Å². The van der Waals surface area contributed by atoms with Crippen LogP contribution < -0.4 is 5.32 Å². The predicted molar refractivity (Wildman–Crippen MR) is 165 cm³/mol. The molecule has 10 rings (SSSR count). The van der Waals surface area contributed by atoms with Crippen molar-refractivity contribution in [3.63, 3.8) is 0 Å². The minimum atomic E-state index is -0.0438. The van der Waals surface area contributed by atoms with Crippen molar-refractivity contribution in [1.29, 1.82) is 0 Å². The Morgan fingerprint density at radius 3 is 2.48 bits per heavy atom. The Balaban J connectivity index is 1.44. The molecule has 1 atom stereocenters. The highest BCUT2D eigenvalue weighted by Gasteiger charge is 2.38. The minimum Gasteiger partial charge on any atom is -0.358 e. The molecule has 0 amide bonds. The first-order valence-electron chi connectivity index (χ1n) is 14.1. The molecule has 0 saturated carbocycles. The van der Waals surface area contributed by atoms with Crippen LogP contribution in [0.1, 0.15) is 24.6 Å². The predicted octanol–water partition coefficient (Wildman–Crippen LogP) is 8.51. The summed E-state index contributed by atoms with van der Waals surface area (Å²) in [6.45, 7) is 0. The first kappa shape index (κ1) is 20.8.